The molecule has 1 nitrogen and oxygen atoms in total. The summed E-state index contributed by atoms with van der Waals surface area (Å²) < 4.78 is 0. The zero-order valence-electron chi connectivity index (χ0n) is 8.17. The van der Waals surface area contributed by atoms with Crippen LogP contribution in [0.4, 0.5) is 5.69 Å². The molecular weight excluding hydrogens is 146 g/mol. The van der Waals surface area contributed by atoms with Crippen molar-refractivity contribution in [1.82, 2.24) is 0 Å². The molecule has 0 N–H and O–H groups in total. The Morgan fingerprint density at radius 2 is 1.83 bits per heavy atom. The van der Waals surface area contributed by atoms with E-state index in [-0.39, 0.29) is 0 Å². The molecule has 0 bridgehead atoms. The van der Waals surface area contributed by atoms with Gasteiger partial charge in [-0.2, -0.15) is 0 Å². The van der Waals surface area contributed by atoms with Crippen LogP contribution >= 0.6 is 0 Å². The van der Waals surface area contributed by atoms with E-state index >= 15 is 0 Å². The molecule has 1 aromatic carbocycles. The molecule has 0 unspecified atom stereocenters. The van der Waals surface area contributed by atoms with Gasteiger partial charge in [0.15, 0.2) is 0 Å². The molecule has 0 spiro atoms. The van der Waals surface area contributed by atoms with E-state index in [4.69, 9.17) is 0 Å². The lowest BCUT2D eigenvalue weighted by Crippen LogP contribution is -2.12. The molecule has 1 heteroatoms. The van der Waals surface area contributed by atoms with Crippen molar-refractivity contribution in [3.8, 4) is 0 Å². The van der Waals surface area contributed by atoms with E-state index in [1.165, 1.54) is 24.2 Å². The minimum absolute atomic E-state index is 1.18. The first-order valence-electron chi connectivity index (χ1n) is 4.67. The molecule has 12 heavy (non-hydrogen) atoms. The van der Waals surface area contributed by atoms with Gasteiger partial charge in [-0.1, -0.05) is 32.0 Å². The molecule has 1 aliphatic rings. The van der Waals surface area contributed by atoms with E-state index in [1.807, 2.05) is 13.8 Å². The van der Waals surface area contributed by atoms with Crippen LogP contribution < -0.4 is 4.90 Å². The molecule has 66 valence electrons. The number of nitrogens with zero attached hydrogens (tertiary/aromatic N) is 1. The van der Waals surface area contributed by atoms with Crippen molar-refractivity contribution in [3.63, 3.8) is 0 Å². The summed E-state index contributed by atoms with van der Waals surface area (Å²) in [6, 6.07) is 8.60. The zero-order chi connectivity index (χ0) is 8.97. The SMILES string of the molecule is CC.CN1CCc2ccccc21. The van der Waals surface area contributed by atoms with Gasteiger partial charge in [0.1, 0.15) is 0 Å². The Hall–Kier alpha value is -0.980. The third kappa shape index (κ3) is 1.60. The zero-order valence-corrected chi connectivity index (χ0v) is 8.17. The molecule has 0 radical (unpaired) electrons. The lowest BCUT2D eigenvalue weighted by molar-refractivity contribution is 0.956. The minimum Gasteiger partial charge on any atom is -0.374 e. The van der Waals surface area contributed by atoms with E-state index in [1.54, 1.807) is 0 Å². The number of benzene rings is 1. The van der Waals surface area contributed by atoms with Gasteiger partial charge in [-0.25, -0.2) is 0 Å². The first kappa shape index (κ1) is 9.11. The lowest BCUT2D eigenvalue weighted by atomic mass is 10.2. The van der Waals surface area contributed by atoms with E-state index in [2.05, 4.69) is 36.2 Å². The number of rotatable bonds is 0. The molecule has 2 rings (SSSR count). The lowest BCUT2D eigenvalue weighted by Gasteiger charge is -2.10. The Kier molecular flexibility index (Phi) is 3.15. The van der Waals surface area contributed by atoms with Crippen molar-refractivity contribution < 1.29 is 0 Å². The Morgan fingerprint density at radius 3 is 2.50 bits per heavy atom. The standard InChI is InChI=1S/C9H11N.C2H6/c1-10-7-6-8-4-2-3-5-9(8)10;1-2/h2-5H,6-7H2,1H3;1-2H3. The van der Waals surface area contributed by atoms with Gasteiger partial charge in [0.2, 0.25) is 0 Å². The van der Waals surface area contributed by atoms with Crippen LogP contribution in [0, 0.1) is 0 Å². The van der Waals surface area contributed by atoms with Crippen LogP contribution in [0.2, 0.25) is 0 Å². The number of anilines is 1. The summed E-state index contributed by atoms with van der Waals surface area (Å²) in [5, 5.41) is 0. The van der Waals surface area contributed by atoms with Gasteiger partial charge in [0, 0.05) is 19.3 Å². The molecule has 0 atom stereocenters. The number of para-hydroxylation sites is 1. The van der Waals surface area contributed by atoms with Gasteiger partial charge in [0.05, 0.1) is 0 Å². The third-order valence-electron chi connectivity index (χ3n) is 2.12. The summed E-state index contributed by atoms with van der Waals surface area (Å²) in [5.41, 5.74) is 2.90. The van der Waals surface area contributed by atoms with Crippen molar-refractivity contribution in [3.05, 3.63) is 29.8 Å². The first-order valence-corrected chi connectivity index (χ1v) is 4.67. The number of likely N-dealkylation sites (N-methyl/N-ethyl adjacent to an activating group) is 1. The maximum atomic E-state index is 2.30. The van der Waals surface area contributed by atoms with Crippen molar-refractivity contribution in [2.75, 3.05) is 18.5 Å². The van der Waals surface area contributed by atoms with Crippen LogP contribution in [0.5, 0.6) is 0 Å². The molecule has 1 aromatic rings. The van der Waals surface area contributed by atoms with Crippen LogP contribution in [0.3, 0.4) is 0 Å². The molecule has 0 aromatic heterocycles. The Balaban J connectivity index is 0.000000336. The minimum atomic E-state index is 1.18. The van der Waals surface area contributed by atoms with Crippen LogP contribution in [0.1, 0.15) is 19.4 Å². The largest absolute Gasteiger partial charge is 0.374 e. The third-order valence-corrected chi connectivity index (χ3v) is 2.12. The molecule has 0 fully saturated rings. The topological polar surface area (TPSA) is 3.24 Å². The second-order valence-electron chi connectivity index (χ2n) is 2.80. The summed E-state index contributed by atoms with van der Waals surface area (Å²) >= 11 is 0. The van der Waals surface area contributed by atoms with Crippen molar-refractivity contribution in [2.45, 2.75) is 20.3 Å². The Labute approximate surface area is 75.0 Å². The number of hydrogen-bond acceptors (Lipinski definition) is 1. The van der Waals surface area contributed by atoms with Gasteiger partial charge in [-0.15, -0.1) is 0 Å². The monoisotopic (exact) mass is 163 g/mol. The summed E-state index contributed by atoms with van der Waals surface area (Å²) in [6.45, 7) is 5.18. The molecule has 1 heterocycles. The molecular formula is C11H17N. The second-order valence-corrected chi connectivity index (χ2v) is 2.80. The Morgan fingerprint density at radius 1 is 1.17 bits per heavy atom. The second kappa shape index (κ2) is 4.15. The maximum absolute atomic E-state index is 2.30. The molecule has 1 aliphatic heterocycles. The average molecular weight is 163 g/mol. The van der Waals surface area contributed by atoms with Gasteiger partial charge >= 0.3 is 0 Å². The summed E-state index contributed by atoms with van der Waals surface area (Å²) in [5.74, 6) is 0. The highest BCUT2D eigenvalue weighted by Gasteiger charge is 2.12. The normalized spacial score (nSPS) is 13.4. The molecule has 0 amide bonds. The van der Waals surface area contributed by atoms with Gasteiger partial charge < -0.3 is 4.90 Å². The van der Waals surface area contributed by atoms with Crippen LogP contribution in [-0.2, 0) is 6.42 Å². The predicted molar refractivity (Wildman–Crippen MR) is 54.8 cm³/mol. The quantitative estimate of drug-likeness (QED) is 0.568. The van der Waals surface area contributed by atoms with E-state index in [0.717, 1.165) is 0 Å². The van der Waals surface area contributed by atoms with E-state index in [9.17, 15) is 0 Å². The smallest absolute Gasteiger partial charge is 0.0396 e. The van der Waals surface area contributed by atoms with Crippen molar-refractivity contribution in [2.24, 2.45) is 0 Å². The van der Waals surface area contributed by atoms with Crippen LogP contribution in [-0.4, -0.2) is 13.6 Å². The highest BCUT2D eigenvalue weighted by Crippen LogP contribution is 2.25. The van der Waals surface area contributed by atoms with E-state index < -0.39 is 0 Å². The summed E-state index contributed by atoms with van der Waals surface area (Å²) in [7, 11) is 2.14. The highest BCUT2D eigenvalue weighted by molar-refractivity contribution is 5.56. The fraction of sp³-hybridized carbons (Fsp3) is 0.455. The maximum Gasteiger partial charge on any atom is 0.0396 e. The van der Waals surface area contributed by atoms with Crippen molar-refractivity contribution >= 4 is 5.69 Å². The van der Waals surface area contributed by atoms with Gasteiger partial charge in [-0.05, 0) is 18.1 Å². The molecule has 0 aliphatic carbocycles. The fourth-order valence-corrected chi connectivity index (χ4v) is 1.50. The van der Waals surface area contributed by atoms with Gasteiger partial charge in [-0.3, -0.25) is 0 Å². The number of hydrogen-bond donors (Lipinski definition) is 0. The van der Waals surface area contributed by atoms with E-state index in [0.29, 0.717) is 0 Å². The van der Waals surface area contributed by atoms with Crippen molar-refractivity contribution in [1.29, 1.82) is 0 Å². The first-order chi connectivity index (χ1) is 5.88. The fourth-order valence-electron chi connectivity index (χ4n) is 1.50. The summed E-state index contributed by atoms with van der Waals surface area (Å²) in [4.78, 5) is 2.30. The average Bonchev–Trinajstić information content (AvgIpc) is 2.53. The predicted octanol–water partition coefficient (Wildman–Crippen LogP) is 2.71. The van der Waals surface area contributed by atoms with Gasteiger partial charge in [0.25, 0.3) is 0 Å². The molecule has 0 saturated carbocycles. The van der Waals surface area contributed by atoms with Crippen LogP contribution in [0.15, 0.2) is 24.3 Å². The van der Waals surface area contributed by atoms with Crippen LogP contribution in [0.25, 0.3) is 0 Å². The summed E-state index contributed by atoms with van der Waals surface area (Å²) in [6.07, 6.45) is 1.21. The molecule has 0 saturated heterocycles. The number of fused-ring (bicyclic) bond motifs is 1. The Bertz CT molecular complexity index is 243. The highest BCUT2D eigenvalue weighted by atomic mass is 15.1.